The van der Waals surface area contributed by atoms with E-state index in [1.54, 1.807) is 7.11 Å². The molecule has 0 bridgehead atoms. The maximum atomic E-state index is 12.1. The molecule has 0 aromatic rings. The van der Waals surface area contributed by atoms with Crippen molar-refractivity contribution >= 4 is 5.91 Å². The predicted octanol–water partition coefficient (Wildman–Crippen LogP) is -0.0956. The smallest absolute Gasteiger partial charge is 0.239 e. The number of nitrogens with two attached hydrogens (primary N) is 1. The van der Waals surface area contributed by atoms with Gasteiger partial charge in [0.15, 0.2) is 0 Å². The maximum Gasteiger partial charge on any atom is 0.239 e. The monoisotopic (exact) mass is 243 g/mol. The summed E-state index contributed by atoms with van der Waals surface area (Å²) in [6, 6.07) is -0.367. The molecule has 0 saturated carbocycles. The molecule has 1 amide bonds. The third-order valence-corrected chi connectivity index (χ3v) is 3.21. The predicted molar refractivity (Wildman–Crippen MR) is 67.8 cm³/mol. The molecule has 0 spiro atoms. The van der Waals surface area contributed by atoms with Crippen LogP contribution in [0.25, 0.3) is 0 Å². The summed E-state index contributed by atoms with van der Waals surface area (Å²) in [4.78, 5) is 16.3. The molecule has 1 saturated heterocycles. The largest absolute Gasteiger partial charge is 0.385 e. The number of methoxy groups -OCH3 is 1. The first kappa shape index (κ1) is 14.4. The number of rotatable bonds is 5. The van der Waals surface area contributed by atoms with Crippen LogP contribution >= 0.6 is 0 Å². The highest BCUT2D eigenvalue weighted by Crippen LogP contribution is 2.05. The van der Waals surface area contributed by atoms with E-state index in [1.807, 2.05) is 4.90 Å². The Hall–Kier alpha value is -0.650. The van der Waals surface area contributed by atoms with Crippen LogP contribution in [0.3, 0.4) is 0 Å². The molecule has 1 aliphatic rings. The molecular weight excluding hydrogens is 218 g/mol. The van der Waals surface area contributed by atoms with Gasteiger partial charge in [0.05, 0.1) is 6.04 Å². The molecule has 0 aromatic heterocycles. The second-order valence-corrected chi connectivity index (χ2v) is 4.72. The van der Waals surface area contributed by atoms with Gasteiger partial charge in [-0.25, -0.2) is 0 Å². The lowest BCUT2D eigenvalue weighted by Gasteiger charge is -2.24. The molecule has 1 atom stereocenters. The Morgan fingerprint density at radius 3 is 2.82 bits per heavy atom. The molecule has 100 valence electrons. The van der Waals surface area contributed by atoms with Crippen LogP contribution in [-0.4, -0.2) is 68.7 Å². The van der Waals surface area contributed by atoms with Gasteiger partial charge in [-0.2, -0.15) is 0 Å². The molecular formula is C12H25N3O2. The van der Waals surface area contributed by atoms with Gasteiger partial charge in [0, 0.05) is 33.4 Å². The average Bonchev–Trinajstić information content (AvgIpc) is 2.53. The van der Waals surface area contributed by atoms with Crippen LogP contribution in [0.2, 0.25) is 0 Å². The van der Waals surface area contributed by atoms with Crippen LogP contribution in [0, 0.1) is 0 Å². The third kappa shape index (κ3) is 5.02. The summed E-state index contributed by atoms with van der Waals surface area (Å²) >= 11 is 0. The van der Waals surface area contributed by atoms with Crippen LogP contribution in [0.4, 0.5) is 0 Å². The van der Waals surface area contributed by atoms with E-state index in [9.17, 15) is 4.79 Å². The highest BCUT2D eigenvalue weighted by atomic mass is 16.5. The minimum atomic E-state index is -0.367. The van der Waals surface area contributed by atoms with Gasteiger partial charge in [-0.05, 0) is 32.9 Å². The zero-order valence-corrected chi connectivity index (χ0v) is 11.0. The Labute approximate surface area is 104 Å². The van der Waals surface area contributed by atoms with Crippen molar-refractivity contribution in [3.63, 3.8) is 0 Å². The summed E-state index contributed by atoms with van der Waals surface area (Å²) in [5, 5.41) is 0. The molecule has 0 radical (unpaired) electrons. The molecule has 5 heteroatoms. The summed E-state index contributed by atoms with van der Waals surface area (Å²) < 4.78 is 4.96. The van der Waals surface area contributed by atoms with Crippen molar-refractivity contribution in [1.82, 2.24) is 9.80 Å². The standard InChI is InChI=1S/C12H25N3O2/c1-14-6-4-7-15(9-8-14)12(16)11(13)5-3-10-17-2/h11H,3-10,13H2,1-2H3. The summed E-state index contributed by atoms with van der Waals surface area (Å²) in [5.74, 6) is 0.0939. The fourth-order valence-corrected chi connectivity index (χ4v) is 2.07. The second-order valence-electron chi connectivity index (χ2n) is 4.72. The lowest BCUT2D eigenvalue weighted by Crippen LogP contribution is -2.45. The van der Waals surface area contributed by atoms with Crippen LogP contribution in [0.15, 0.2) is 0 Å². The maximum absolute atomic E-state index is 12.1. The molecule has 1 rings (SSSR count). The Bertz CT molecular complexity index is 236. The molecule has 2 N–H and O–H groups in total. The van der Waals surface area contributed by atoms with Crippen LogP contribution in [0.5, 0.6) is 0 Å². The van der Waals surface area contributed by atoms with E-state index in [0.717, 1.165) is 39.0 Å². The Balaban J connectivity index is 2.34. The SMILES string of the molecule is COCCCC(N)C(=O)N1CCCN(C)CC1. The molecule has 1 aliphatic heterocycles. The Morgan fingerprint density at radius 2 is 2.12 bits per heavy atom. The van der Waals surface area contributed by atoms with E-state index in [2.05, 4.69) is 11.9 Å². The first-order valence-electron chi connectivity index (χ1n) is 6.37. The van der Waals surface area contributed by atoms with Crippen molar-refractivity contribution < 1.29 is 9.53 Å². The van der Waals surface area contributed by atoms with E-state index in [1.165, 1.54) is 0 Å². The van der Waals surface area contributed by atoms with E-state index in [4.69, 9.17) is 10.5 Å². The minimum Gasteiger partial charge on any atom is -0.385 e. The van der Waals surface area contributed by atoms with Crippen molar-refractivity contribution in [3.8, 4) is 0 Å². The van der Waals surface area contributed by atoms with Crippen molar-refractivity contribution in [3.05, 3.63) is 0 Å². The number of carbonyl (C=O) groups is 1. The molecule has 1 unspecified atom stereocenters. The Kier molecular flexibility index (Phi) is 6.47. The molecule has 0 aliphatic carbocycles. The average molecular weight is 243 g/mol. The quantitative estimate of drug-likeness (QED) is 0.685. The molecule has 5 nitrogen and oxygen atoms in total. The molecule has 1 heterocycles. The number of hydrogen-bond donors (Lipinski definition) is 1. The van der Waals surface area contributed by atoms with Gasteiger partial charge < -0.3 is 20.3 Å². The zero-order valence-electron chi connectivity index (χ0n) is 11.0. The third-order valence-electron chi connectivity index (χ3n) is 3.21. The molecule has 17 heavy (non-hydrogen) atoms. The number of amides is 1. The van der Waals surface area contributed by atoms with Crippen molar-refractivity contribution in [2.45, 2.75) is 25.3 Å². The number of nitrogens with zero attached hydrogens (tertiary/aromatic N) is 2. The topological polar surface area (TPSA) is 58.8 Å². The molecule has 1 fully saturated rings. The fourth-order valence-electron chi connectivity index (χ4n) is 2.07. The summed E-state index contributed by atoms with van der Waals surface area (Å²) in [5.41, 5.74) is 5.91. The van der Waals surface area contributed by atoms with Crippen LogP contribution in [-0.2, 0) is 9.53 Å². The van der Waals surface area contributed by atoms with Crippen LogP contribution in [0.1, 0.15) is 19.3 Å². The summed E-state index contributed by atoms with van der Waals surface area (Å²) in [7, 11) is 3.75. The van der Waals surface area contributed by atoms with E-state index in [-0.39, 0.29) is 11.9 Å². The lowest BCUT2D eigenvalue weighted by atomic mass is 10.1. The van der Waals surface area contributed by atoms with Gasteiger partial charge in [0.2, 0.25) is 5.91 Å². The van der Waals surface area contributed by atoms with Crippen molar-refractivity contribution in [2.24, 2.45) is 5.73 Å². The number of likely N-dealkylation sites (N-methyl/N-ethyl adjacent to an activating group) is 1. The minimum absolute atomic E-state index is 0.0939. The van der Waals surface area contributed by atoms with Gasteiger partial charge in [0.25, 0.3) is 0 Å². The van der Waals surface area contributed by atoms with Gasteiger partial charge >= 0.3 is 0 Å². The zero-order chi connectivity index (χ0) is 12.7. The number of ether oxygens (including phenoxy) is 1. The highest BCUT2D eigenvalue weighted by Gasteiger charge is 2.22. The first-order valence-corrected chi connectivity index (χ1v) is 6.37. The fraction of sp³-hybridized carbons (Fsp3) is 0.917. The Morgan fingerprint density at radius 1 is 1.35 bits per heavy atom. The normalized spacial score (nSPS) is 20.1. The van der Waals surface area contributed by atoms with Gasteiger partial charge in [-0.1, -0.05) is 0 Å². The summed E-state index contributed by atoms with van der Waals surface area (Å²) in [6.07, 6.45) is 2.59. The van der Waals surface area contributed by atoms with E-state index in [0.29, 0.717) is 13.0 Å². The van der Waals surface area contributed by atoms with Crippen molar-refractivity contribution in [1.29, 1.82) is 0 Å². The molecule has 0 aromatic carbocycles. The summed E-state index contributed by atoms with van der Waals surface area (Å²) in [6.45, 7) is 4.30. The van der Waals surface area contributed by atoms with E-state index >= 15 is 0 Å². The lowest BCUT2D eigenvalue weighted by molar-refractivity contribution is -0.132. The highest BCUT2D eigenvalue weighted by molar-refractivity contribution is 5.81. The van der Waals surface area contributed by atoms with Gasteiger partial charge in [-0.3, -0.25) is 4.79 Å². The first-order chi connectivity index (χ1) is 8.15. The van der Waals surface area contributed by atoms with Gasteiger partial charge in [0.1, 0.15) is 0 Å². The van der Waals surface area contributed by atoms with Crippen LogP contribution < -0.4 is 5.73 Å². The second kappa shape index (κ2) is 7.63. The van der Waals surface area contributed by atoms with Gasteiger partial charge in [-0.15, -0.1) is 0 Å². The van der Waals surface area contributed by atoms with E-state index < -0.39 is 0 Å². The number of carbonyl (C=O) groups excluding carboxylic acids is 1. The van der Waals surface area contributed by atoms with Crippen molar-refractivity contribution in [2.75, 3.05) is 46.9 Å². The number of hydrogen-bond acceptors (Lipinski definition) is 4.